The highest BCUT2D eigenvalue weighted by atomic mass is 16.2. The van der Waals surface area contributed by atoms with Crippen LogP contribution in [0.2, 0.25) is 0 Å². The molecule has 0 radical (unpaired) electrons. The van der Waals surface area contributed by atoms with Crippen molar-refractivity contribution < 1.29 is 4.79 Å². The number of hydrogen-bond acceptors (Lipinski definition) is 1. The summed E-state index contributed by atoms with van der Waals surface area (Å²) < 4.78 is 0. The van der Waals surface area contributed by atoms with Crippen molar-refractivity contribution in [1.29, 1.82) is 0 Å². The summed E-state index contributed by atoms with van der Waals surface area (Å²) in [5.41, 5.74) is 0. The van der Waals surface area contributed by atoms with Crippen LogP contribution in [0.15, 0.2) is 0 Å². The average Bonchev–Trinajstić information content (AvgIpc) is 3.03. The molecular formula is C42H85NO. The molecule has 2 heteroatoms. The zero-order chi connectivity index (χ0) is 32.2. The van der Waals surface area contributed by atoms with Crippen molar-refractivity contribution in [3.63, 3.8) is 0 Å². The van der Waals surface area contributed by atoms with Crippen LogP contribution in [0.4, 0.5) is 0 Å². The van der Waals surface area contributed by atoms with Crippen molar-refractivity contribution in [2.24, 2.45) is 5.92 Å². The maximum Gasteiger partial charge on any atom is 0.225 e. The Bertz CT molecular complexity index is 510. The molecule has 0 aromatic rings. The maximum absolute atomic E-state index is 13.1. The second-order valence-electron chi connectivity index (χ2n) is 14.6. The first kappa shape index (κ1) is 43.5. The highest BCUT2D eigenvalue weighted by Gasteiger charge is 2.19. The molecule has 0 aliphatic rings. The molecule has 1 atom stereocenters. The van der Waals surface area contributed by atoms with Crippen molar-refractivity contribution in [3.05, 3.63) is 0 Å². The minimum absolute atomic E-state index is 0.196. The Morgan fingerprint density at radius 2 is 0.591 bits per heavy atom. The van der Waals surface area contributed by atoms with Gasteiger partial charge in [0.05, 0.1) is 0 Å². The first-order valence-corrected chi connectivity index (χ1v) is 21.0. The highest BCUT2D eigenvalue weighted by Crippen LogP contribution is 2.17. The summed E-state index contributed by atoms with van der Waals surface area (Å²) in [6.45, 7) is 10.9. The number of carbonyl (C=O) groups excluding carboxylic acids is 1. The first-order chi connectivity index (χ1) is 21.7. The smallest absolute Gasteiger partial charge is 0.225 e. The van der Waals surface area contributed by atoms with E-state index >= 15 is 0 Å². The van der Waals surface area contributed by atoms with Gasteiger partial charge in [-0.25, -0.2) is 0 Å². The molecule has 0 heterocycles. The van der Waals surface area contributed by atoms with Gasteiger partial charge in [-0.1, -0.05) is 227 Å². The number of unbranched alkanes of at least 4 members (excludes halogenated alkanes) is 30. The Morgan fingerprint density at radius 3 is 0.818 bits per heavy atom. The van der Waals surface area contributed by atoms with Gasteiger partial charge in [-0.15, -0.1) is 0 Å². The van der Waals surface area contributed by atoms with Crippen LogP contribution in [0, 0.1) is 5.92 Å². The van der Waals surface area contributed by atoms with Gasteiger partial charge < -0.3 is 4.90 Å². The van der Waals surface area contributed by atoms with Crippen molar-refractivity contribution in [1.82, 2.24) is 4.90 Å². The van der Waals surface area contributed by atoms with Crippen molar-refractivity contribution in [2.45, 2.75) is 246 Å². The summed E-state index contributed by atoms with van der Waals surface area (Å²) in [6.07, 6.45) is 47.1. The molecule has 0 saturated carbocycles. The fourth-order valence-corrected chi connectivity index (χ4v) is 6.90. The van der Waals surface area contributed by atoms with E-state index in [9.17, 15) is 4.79 Å². The fourth-order valence-electron chi connectivity index (χ4n) is 6.90. The molecule has 0 fully saturated rings. The van der Waals surface area contributed by atoms with Gasteiger partial charge in [0.2, 0.25) is 5.91 Å². The topological polar surface area (TPSA) is 20.3 Å². The lowest BCUT2D eigenvalue weighted by atomic mass is 10.0. The molecule has 1 unspecified atom stereocenters. The fraction of sp³-hybridized carbons (Fsp3) is 0.976. The molecule has 0 bridgehead atoms. The monoisotopic (exact) mass is 620 g/mol. The van der Waals surface area contributed by atoms with E-state index in [0.29, 0.717) is 5.91 Å². The minimum atomic E-state index is 0.196. The van der Waals surface area contributed by atoms with E-state index in [-0.39, 0.29) is 5.92 Å². The molecule has 0 saturated heterocycles. The molecule has 0 spiro atoms. The third-order valence-corrected chi connectivity index (χ3v) is 10.0. The van der Waals surface area contributed by atoms with Crippen LogP contribution in [0.1, 0.15) is 246 Å². The highest BCUT2D eigenvalue weighted by molar-refractivity contribution is 5.78. The van der Waals surface area contributed by atoms with Gasteiger partial charge in [-0.3, -0.25) is 4.79 Å². The lowest BCUT2D eigenvalue weighted by Gasteiger charge is -2.26. The Morgan fingerprint density at radius 1 is 0.364 bits per heavy atom. The first-order valence-electron chi connectivity index (χ1n) is 21.0. The molecule has 44 heavy (non-hydrogen) atoms. The van der Waals surface area contributed by atoms with E-state index in [0.717, 1.165) is 25.9 Å². The van der Waals surface area contributed by atoms with Gasteiger partial charge in [-0.2, -0.15) is 0 Å². The zero-order valence-corrected chi connectivity index (χ0v) is 31.4. The van der Waals surface area contributed by atoms with E-state index < -0.39 is 0 Å². The van der Waals surface area contributed by atoms with E-state index in [4.69, 9.17) is 0 Å². The third-order valence-electron chi connectivity index (χ3n) is 10.0. The van der Waals surface area contributed by atoms with Crippen LogP contribution in [-0.4, -0.2) is 23.9 Å². The molecule has 2 nitrogen and oxygen atoms in total. The summed E-state index contributed by atoms with van der Waals surface area (Å²) >= 11 is 0. The van der Waals surface area contributed by atoms with Crippen LogP contribution in [0.3, 0.4) is 0 Å². The molecule has 264 valence electrons. The second kappa shape index (κ2) is 36.9. The summed E-state index contributed by atoms with van der Waals surface area (Å²) in [5, 5.41) is 0. The number of rotatable bonds is 37. The van der Waals surface area contributed by atoms with Gasteiger partial charge in [0.1, 0.15) is 0 Å². The van der Waals surface area contributed by atoms with Gasteiger partial charge in [0, 0.05) is 19.0 Å². The Labute approximate surface area is 280 Å². The van der Waals surface area contributed by atoms with E-state index in [1.807, 2.05) is 0 Å². The molecule has 0 aliphatic carbocycles. The van der Waals surface area contributed by atoms with Crippen molar-refractivity contribution >= 4 is 5.91 Å². The average molecular weight is 620 g/mol. The predicted octanol–water partition coefficient (Wildman–Crippen LogP) is 14.8. The minimum Gasteiger partial charge on any atom is -0.342 e. The zero-order valence-electron chi connectivity index (χ0n) is 31.4. The maximum atomic E-state index is 13.1. The van der Waals surface area contributed by atoms with Crippen LogP contribution in [0.25, 0.3) is 0 Å². The summed E-state index contributed by atoms with van der Waals surface area (Å²) in [7, 11) is 0. The molecule has 0 aliphatic heterocycles. The lowest BCUT2D eigenvalue weighted by Crippen LogP contribution is -2.36. The summed E-state index contributed by atoms with van der Waals surface area (Å²) in [5.74, 6) is 0.621. The van der Waals surface area contributed by atoms with Crippen molar-refractivity contribution in [2.75, 3.05) is 13.1 Å². The van der Waals surface area contributed by atoms with Gasteiger partial charge in [0.25, 0.3) is 0 Å². The van der Waals surface area contributed by atoms with E-state index in [1.165, 1.54) is 205 Å². The Kier molecular flexibility index (Phi) is 36.5. The molecule has 1 amide bonds. The Hall–Kier alpha value is -0.530. The standard InChI is InChI=1S/C42H85NO/c1-5-8-10-12-14-16-18-20-22-24-26-28-30-32-34-36-39-43(42(44)41(4)38-7-3)40-37-35-33-31-29-27-25-23-21-19-17-15-13-11-9-6-2/h41H,5-40H2,1-4H3. The molecule has 0 N–H and O–H groups in total. The van der Waals surface area contributed by atoms with Gasteiger partial charge in [0.15, 0.2) is 0 Å². The van der Waals surface area contributed by atoms with Gasteiger partial charge >= 0.3 is 0 Å². The predicted molar refractivity (Wildman–Crippen MR) is 200 cm³/mol. The summed E-state index contributed by atoms with van der Waals surface area (Å²) in [4.78, 5) is 15.4. The number of amides is 1. The van der Waals surface area contributed by atoms with Crippen molar-refractivity contribution in [3.8, 4) is 0 Å². The normalized spacial score (nSPS) is 12.2. The summed E-state index contributed by atoms with van der Waals surface area (Å²) in [6, 6.07) is 0. The molecule has 0 aromatic heterocycles. The Balaban J connectivity index is 3.77. The van der Waals surface area contributed by atoms with Gasteiger partial charge in [-0.05, 0) is 19.3 Å². The van der Waals surface area contributed by atoms with E-state index in [1.54, 1.807) is 0 Å². The molecular weight excluding hydrogens is 534 g/mol. The number of carbonyl (C=O) groups is 1. The van der Waals surface area contributed by atoms with Crippen LogP contribution in [0.5, 0.6) is 0 Å². The number of hydrogen-bond donors (Lipinski definition) is 0. The lowest BCUT2D eigenvalue weighted by molar-refractivity contribution is -0.135. The van der Waals surface area contributed by atoms with Crippen LogP contribution < -0.4 is 0 Å². The molecule has 0 rings (SSSR count). The van der Waals surface area contributed by atoms with E-state index in [2.05, 4.69) is 32.6 Å². The second-order valence-corrected chi connectivity index (χ2v) is 14.6. The SMILES string of the molecule is CCCCCCCCCCCCCCCCCCN(CCCCCCCCCCCCCCCCCC)C(=O)C(C)CCC. The van der Waals surface area contributed by atoms with Crippen LogP contribution >= 0.6 is 0 Å². The largest absolute Gasteiger partial charge is 0.342 e. The third kappa shape index (κ3) is 31.5. The quantitative estimate of drug-likeness (QED) is 0.0633. The molecule has 0 aromatic carbocycles. The number of nitrogens with zero attached hydrogens (tertiary/aromatic N) is 1. The van der Waals surface area contributed by atoms with Crippen LogP contribution in [-0.2, 0) is 4.79 Å².